The highest BCUT2D eigenvalue weighted by Crippen LogP contribution is 2.74. The molecule has 11 unspecified atom stereocenters. The third-order valence-electron chi connectivity index (χ3n) is 12.1. The van der Waals surface area contributed by atoms with Crippen LogP contribution in [0.1, 0.15) is 73.1 Å². The van der Waals surface area contributed by atoms with E-state index in [9.17, 15) is 30.0 Å². The number of epoxide rings is 1. The SMILES string of the molecule is CC1=C(C)C(=O)OC(C(C)(O)C2(O)CCC3(O)C4CC(O)C56OC5C=CC(=O)C6(C)C4CCC32C)C1. The van der Waals surface area contributed by atoms with E-state index in [1.165, 1.54) is 6.92 Å². The molecule has 36 heavy (non-hydrogen) atoms. The molecule has 8 heteroatoms. The number of aliphatic hydroxyl groups excluding tert-OH is 1. The molecule has 6 rings (SSSR count). The van der Waals surface area contributed by atoms with Gasteiger partial charge in [0.15, 0.2) is 5.78 Å². The molecule has 0 aromatic rings. The van der Waals surface area contributed by atoms with Crippen LogP contribution in [0, 0.1) is 22.7 Å². The Bertz CT molecular complexity index is 1120. The Balaban J connectivity index is 1.39. The number of ether oxygens (including phenoxy) is 2. The lowest BCUT2D eigenvalue weighted by Crippen LogP contribution is -2.74. The molecular formula is C28H38O8. The Morgan fingerprint density at radius 3 is 2.44 bits per heavy atom. The summed E-state index contributed by atoms with van der Waals surface area (Å²) >= 11 is 0. The van der Waals surface area contributed by atoms with Crippen molar-refractivity contribution in [2.45, 2.75) is 114 Å². The molecule has 1 spiro atoms. The number of hydrogen-bond donors (Lipinski definition) is 4. The Morgan fingerprint density at radius 1 is 1.08 bits per heavy atom. The van der Waals surface area contributed by atoms with Gasteiger partial charge in [-0.05, 0) is 83.8 Å². The minimum absolute atomic E-state index is 0.0933. The van der Waals surface area contributed by atoms with Crippen LogP contribution in [0.25, 0.3) is 0 Å². The van der Waals surface area contributed by atoms with E-state index in [0.717, 1.165) is 5.57 Å². The minimum atomic E-state index is -1.83. The molecule has 0 radical (unpaired) electrons. The van der Waals surface area contributed by atoms with Gasteiger partial charge in [0.25, 0.3) is 0 Å². The zero-order valence-electron chi connectivity index (χ0n) is 21.7. The van der Waals surface area contributed by atoms with Crippen LogP contribution < -0.4 is 0 Å². The summed E-state index contributed by atoms with van der Waals surface area (Å²) in [5.41, 5.74) is -6.80. The largest absolute Gasteiger partial charge is 0.455 e. The predicted octanol–water partition coefficient (Wildman–Crippen LogP) is 1.73. The van der Waals surface area contributed by atoms with Gasteiger partial charge in [-0.3, -0.25) is 4.79 Å². The van der Waals surface area contributed by atoms with Crippen molar-refractivity contribution in [2.75, 3.05) is 0 Å². The zero-order chi connectivity index (χ0) is 26.3. The first-order chi connectivity index (χ1) is 16.6. The van der Waals surface area contributed by atoms with Gasteiger partial charge in [0.1, 0.15) is 29.0 Å². The van der Waals surface area contributed by atoms with Crippen molar-refractivity contribution in [1.82, 2.24) is 0 Å². The van der Waals surface area contributed by atoms with Gasteiger partial charge in [-0.1, -0.05) is 12.5 Å². The van der Waals surface area contributed by atoms with Crippen LogP contribution in [0.2, 0.25) is 0 Å². The maximum Gasteiger partial charge on any atom is 0.334 e. The van der Waals surface area contributed by atoms with Gasteiger partial charge in [0, 0.05) is 17.4 Å². The number of aliphatic hydroxyl groups is 4. The van der Waals surface area contributed by atoms with E-state index < -0.39 is 57.3 Å². The maximum atomic E-state index is 13.3. The quantitative estimate of drug-likeness (QED) is 0.331. The smallest absolute Gasteiger partial charge is 0.334 e. The standard InChI is InChI=1S/C28H38O8/c1-14-12-21(35-22(31)15(14)2)25(5,32)27(34)11-10-26(33)17-13-19(30)28-20(36-28)7-6-18(29)24(28,4)16(17)8-9-23(26,27)3/h6-7,16-17,19-21,30,32-34H,8-13H2,1-5H3. The number of fused-ring (bicyclic) bond motifs is 4. The molecule has 11 atom stereocenters. The van der Waals surface area contributed by atoms with E-state index in [0.29, 0.717) is 24.8 Å². The van der Waals surface area contributed by atoms with E-state index in [1.807, 2.05) is 13.8 Å². The van der Waals surface area contributed by atoms with Gasteiger partial charge in [-0.15, -0.1) is 0 Å². The molecule has 2 aliphatic heterocycles. The van der Waals surface area contributed by atoms with Crippen LogP contribution in [0.4, 0.5) is 0 Å². The summed E-state index contributed by atoms with van der Waals surface area (Å²) in [6, 6.07) is 0. The number of allylic oxidation sites excluding steroid dienone is 1. The molecule has 2 heterocycles. The molecule has 198 valence electrons. The molecule has 3 saturated carbocycles. The summed E-state index contributed by atoms with van der Waals surface area (Å²) in [5, 5.41) is 48.0. The van der Waals surface area contributed by atoms with Crippen LogP contribution >= 0.6 is 0 Å². The number of carbonyl (C=O) groups is 2. The first-order valence-corrected chi connectivity index (χ1v) is 13.2. The number of esters is 1. The summed E-state index contributed by atoms with van der Waals surface area (Å²) < 4.78 is 11.6. The van der Waals surface area contributed by atoms with E-state index >= 15 is 0 Å². The lowest BCUT2D eigenvalue weighted by molar-refractivity contribution is -0.289. The van der Waals surface area contributed by atoms with Crippen molar-refractivity contribution >= 4 is 11.8 Å². The minimum Gasteiger partial charge on any atom is -0.455 e. The number of cyclic esters (lactones) is 1. The molecule has 4 aliphatic carbocycles. The van der Waals surface area contributed by atoms with E-state index in [-0.39, 0.29) is 37.1 Å². The van der Waals surface area contributed by atoms with Gasteiger partial charge in [-0.25, -0.2) is 4.79 Å². The zero-order valence-corrected chi connectivity index (χ0v) is 21.7. The molecule has 0 bridgehead atoms. The molecular weight excluding hydrogens is 464 g/mol. The second kappa shape index (κ2) is 6.89. The number of carbonyl (C=O) groups excluding carboxylic acids is 2. The average molecular weight is 503 g/mol. The summed E-state index contributed by atoms with van der Waals surface area (Å²) in [6.07, 6.45) is 2.85. The summed E-state index contributed by atoms with van der Waals surface area (Å²) in [6.45, 7) is 8.68. The lowest BCUT2D eigenvalue weighted by atomic mass is 9.42. The van der Waals surface area contributed by atoms with E-state index in [4.69, 9.17) is 9.47 Å². The van der Waals surface area contributed by atoms with Crippen LogP contribution in [-0.2, 0) is 19.1 Å². The number of rotatable bonds is 2. The van der Waals surface area contributed by atoms with Gasteiger partial charge in [-0.2, -0.15) is 0 Å². The van der Waals surface area contributed by atoms with Crippen molar-refractivity contribution in [1.29, 1.82) is 0 Å². The number of ketones is 1. The topological polar surface area (TPSA) is 137 Å². The highest BCUT2D eigenvalue weighted by atomic mass is 16.6. The van der Waals surface area contributed by atoms with Gasteiger partial charge in [0.2, 0.25) is 0 Å². The lowest BCUT2D eigenvalue weighted by Gasteiger charge is -2.64. The van der Waals surface area contributed by atoms with Crippen LogP contribution in [0.3, 0.4) is 0 Å². The Kier molecular flexibility index (Phi) is 4.73. The van der Waals surface area contributed by atoms with Gasteiger partial charge >= 0.3 is 5.97 Å². The normalized spacial score (nSPS) is 55.2. The maximum absolute atomic E-state index is 13.3. The second-order valence-corrected chi connectivity index (χ2v) is 13.0. The van der Waals surface area contributed by atoms with Crippen LogP contribution in [0.5, 0.6) is 0 Å². The van der Waals surface area contributed by atoms with Gasteiger partial charge < -0.3 is 29.9 Å². The first-order valence-electron chi connectivity index (χ1n) is 13.2. The molecule has 4 fully saturated rings. The summed E-state index contributed by atoms with van der Waals surface area (Å²) in [5.74, 6) is -1.31. The molecule has 6 aliphatic rings. The molecule has 1 saturated heterocycles. The molecule has 8 nitrogen and oxygen atoms in total. The molecule has 0 amide bonds. The van der Waals surface area contributed by atoms with Crippen molar-refractivity contribution < 1.29 is 39.5 Å². The highest BCUT2D eigenvalue weighted by molar-refractivity contribution is 5.98. The molecule has 0 aromatic heterocycles. The number of hydrogen-bond acceptors (Lipinski definition) is 8. The van der Waals surface area contributed by atoms with E-state index in [2.05, 4.69) is 0 Å². The monoisotopic (exact) mass is 502 g/mol. The van der Waals surface area contributed by atoms with Crippen molar-refractivity contribution in [3.63, 3.8) is 0 Å². The fourth-order valence-corrected chi connectivity index (χ4v) is 9.40. The predicted molar refractivity (Wildman–Crippen MR) is 127 cm³/mol. The first kappa shape index (κ1) is 24.7. The summed E-state index contributed by atoms with van der Waals surface area (Å²) in [7, 11) is 0. The van der Waals surface area contributed by atoms with Crippen molar-refractivity contribution in [2.24, 2.45) is 22.7 Å². The second-order valence-electron chi connectivity index (χ2n) is 13.0. The average Bonchev–Trinajstić information content (AvgIpc) is 3.52. The fraction of sp³-hybridized carbons (Fsp3) is 0.786. The highest BCUT2D eigenvalue weighted by Gasteiger charge is 2.83. The van der Waals surface area contributed by atoms with Gasteiger partial charge in [0.05, 0.1) is 17.1 Å². The van der Waals surface area contributed by atoms with Crippen LogP contribution in [0.15, 0.2) is 23.3 Å². The molecule has 0 aromatic carbocycles. The van der Waals surface area contributed by atoms with Crippen LogP contribution in [-0.4, -0.2) is 72.9 Å². The molecule has 4 N–H and O–H groups in total. The third-order valence-corrected chi connectivity index (χ3v) is 12.1. The van der Waals surface area contributed by atoms with Crippen molar-refractivity contribution in [3.05, 3.63) is 23.3 Å². The summed E-state index contributed by atoms with van der Waals surface area (Å²) in [4.78, 5) is 25.8. The Labute approximate surface area is 211 Å². The Hall–Kier alpha value is -1.58. The Morgan fingerprint density at radius 2 is 1.78 bits per heavy atom. The van der Waals surface area contributed by atoms with E-state index in [1.54, 1.807) is 26.0 Å². The fourth-order valence-electron chi connectivity index (χ4n) is 9.40. The third kappa shape index (κ3) is 2.40. The van der Waals surface area contributed by atoms with Crippen molar-refractivity contribution in [3.8, 4) is 0 Å².